The number of hydrogen-bond donors (Lipinski definition) is 0. The van der Waals surface area contributed by atoms with Crippen molar-refractivity contribution in [3.05, 3.63) is 34.1 Å². The Labute approximate surface area is 73.4 Å². The molecule has 66 valence electrons. The van der Waals surface area contributed by atoms with Gasteiger partial charge < -0.3 is 0 Å². The first-order chi connectivity index (χ1) is 5.57. The molecule has 1 aromatic rings. The fraction of sp³-hybridized carbons (Fsp3) is 0.455. The SMILES string of the molecule is CCc1cc(F)c(C)c(C)c1C. The minimum absolute atomic E-state index is 0.0741. The molecule has 1 aromatic carbocycles. The summed E-state index contributed by atoms with van der Waals surface area (Å²) in [5, 5.41) is 0. The van der Waals surface area contributed by atoms with Gasteiger partial charge in [-0.15, -0.1) is 0 Å². The summed E-state index contributed by atoms with van der Waals surface area (Å²) in [4.78, 5) is 0. The minimum Gasteiger partial charge on any atom is -0.207 e. The van der Waals surface area contributed by atoms with Crippen LogP contribution in [-0.4, -0.2) is 0 Å². The Balaban J connectivity index is 3.39. The lowest BCUT2D eigenvalue weighted by atomic mass is 9.97. The van der Waals surface area contributed by atoms with Crippen LogP contribution in [0.3, 0.4) is 0 Å². The van der Waals surface area contributed by atoms with Crippen LogP contribution in [-0.2, 0) is 6.42 Å². The van der Waals surface area contributed by atoms with Crippen molar-refractivity contribution in [2.24, 2.45) is 0 Å². The molecule has 0 N–H and O–H groups in total. The van der Waals surface area contributed by atoms with E-state index in [4.69, 9.17) is 0 Å². The second-order valence-corrected chi connectivity index (χ2v) is 3.25. The van der Waals surface area contributed by atoms with E-state index in [2.05, 4.69) is 13.8 Å². The molecule has 1 rings (SSSR count). The molecular weight excluding hydrogens is 151 g/mol. The third-order valence-electron chi connectivity index (χ3n) is 2.65. The van der Waals surface area contributed by atoms with Gasteiger partial charge in [0.05, 0.1) is 0 Å². The Hall–Kier alpha value is -0.850. The zero-order valence-corrected chi connectivity index (χ0v) is 8.16. The average Bonchev–Trinajstić information content (AvgIpc) is 2.08. The summed E-state index contributed by atoms with van der Waals surface area (Å²) in [6, 6.07) is 1.65. The van der Waals surface area contributed by atoms with Crippen LogP contribution < -0.4 is 0 Å². The highest BCUT2D eigenvalue weighted by Gasteiger charge is 2.07. The maximum atomic E-state index is 13.2. The first-order valence-electron chi connectivity index (χ1n) is 4.33. The first-order valence-corrected chi connectivity index (χ1v) is 4.33. The predicted octanol–water partition coefficient (Wildman–Crippen LogP) is 3.31. The van der Waals surface area contributed by atoms with E-state index in [0.717, 1.165) is 23.1 Å². The summed E-state index contributed by atoms with van der Waals surface area (Å²) in [6.07, 6.45) is 0.907. The van der Waals surface area contributed by atoms with Crippen molar-refractivity contribution in [2.75, 3.05) is 0 Å². The standard InChI is InChI=1S/C11H15F/c1-5-10-6-11(12)9(4)7(2)8(10)3/h6H,5H2,1-4H3. The molecule has 12 heavy (non-hydrogen) atoms. The largest absolute Gasteiger partial charge is 0.207 e. The molecule has 0 heterocycles. The van der Waals surface area contributed by atoms with Crippen LogP contribution in [0, 0.1) is 26.6 Å². The van der Waals surface area contributed by atoms with E-state index in [9.17, 15) is 4.39 Å². The van der Waals surface area contributed by atoms with Crippen LogP contribution in [0.25, 0.3) is 0 Å². The van der Waals surface area contributed by atoms with Gasteiger partial charge in [-0.3, -0.25) is 0 Å². The molecule has 1 heteroatoms. The topological polar surface area (TPSA) is 0 Å². The zero-order chi connectivity index (χ0) is 9.30. The molecule has 0 aliphatic rings. The van der Waals surface area contributed by atoms with Crippen molar-refractivity contribution in [2.45, 2.75) is 34.1 Å². The Morgan fingerprint density at radius 1 is 1.08 bits per heavy atom. The van der Waals surface area contributed by atoms with Crippen LogP contribution in [0.2, 0.25) is 0 Å². The number of halogens is 1. The van der Waals surface area contributed by atoms with Crippen molar-refractivity contribution in [3.8, 4) is 0 Å². The first kappa shape index (κ1) is 9.24. The van der Waals surface area contributed by atoms with Crippen molar-refractivity contribution in [1.29, 1.82) is 0 Å². The quantitative estimate of drug-likeness (QED) is 0.600. The van der Waals surface area contributed by atoms with Gasteiger partial charge in [-0.2, -0.15) is 0 Å². The van der Waals surface area contributed by atoms with Crippen LogP contribution in [0.4, 0.5) is 4.39 Å². The van der Waals surface area contributed by atoms with Crippen molar-refractivity contribution in [1.82, 2.24) is 0 Å². The third-order valence-corrected chi connectivity index (χ3v) is 2.65. The number of aryl methyl sites for hydroxylation is 1. The highest BCUT2D eigenvalue weighted by atomic mass is 19.1. The Bertz CT molecular complexity index is 300. The molecule has 0 aliphatic carbocycles. The van der Waals surface area contributed by atoms with Gasteiger partial charge in [0.2, 0.25) is 0 Å². The van der Waals surface area contributed by atoms with Gasteiger partial charge in [0.15, 0.2) is 0 Å². The van der Waals surface area contributed by atoms with Crippen LogP contribution in [0.5, 0.6) is 0 Å². The lowest BCUT2D eigenvalue weighted by Crippen LogP contribution is -1.96. The van der Waals surface area contributed by atoms with Gasteiger partial charge in [0, 0.05) is 0 Å². The van der Waals surface area contributed by atoms with Crippen molar-refractivity contribution in [3.63, 3.8) is 0 Å². The van der Waals surface area contributed by atoms with E-state index >= 15 is 0 Å². The van der Waals surface area contributed by atoms with E-state index < -0.39 is 0 Å². The summed E-state index contributed by atoms with van der Waals surface area (Å²) in [7, 11) is 0. The van der Waals surface area contributed by atoms with Gasteiger partial charge in [-0.1, -0.05) is 6.92 Å². The smallest absolute Gasteiger partial charge is 0.126 e. The normalized spacial score (nSPS) is 10.4. The maximum absolute atomic E-state index is 13.2. The highest BCUT2D eigenvalue weighted by Crippen LogP contribution is 2.20. The molecule has 0 radical (unpaired) electrons. The van der Waals surface area contributed by atoms with Gasteiger partial charge in [0.1, 0.15) is 5.82 Å². The molecule has 0 unspecified atom stereocenters. The number of benzene rings is 1. The Morgan fingerprint density at radius 2 is 1.67 bits per heavy atom. The second-order valence-electron chi connectivity index (χ2n) is 3.25. The summed E-state index contributed by atoms with van der Waals surface area (Å²) < 4.78 is 13.2. The summed E-state index contributed by atoms with van der Waals surface area (Å²) in [5.41, 5.74) is 4.23. The Kier molecular flexibility index (Phi) is 2.51. The van der Waals surface area contributed by atoms with Crippen LogP contribution in [0.1, 0.15) is 29.2 Å². The molecule has 0 saturated carbocycles. The maximum Gasteiger partial charge on any atom is 0.126 e. The molecule has 0 aromatic heterocycles. The van der Waals surface area contributed by atoms with E-state index in [0.29, 0.717) is 0 Å². The van der Waals surface area contributed by atoms with E-state index in [1.165, 1.54) is 5.56 Å². The lowest BCUT2D eigenvalue weighted by Gasteiger charge is -2.10. The summed E-state index contributed by atoms with van der Waals surface area (Å²) in [6.45, 7) is 7.92. The predicted molar refractivity (Wildman–Crippen MR) is 50.0 cm³/mol. The molecule has 0 aliphatic heterocycles. The molecule has 0 spiro atoms. The van der Waals surface area contributed by atoms with Crippen LogP contribution >= 0.6 is 0 Å². The molecular formula is C11H15F. The summed E-state index contributed by atoms with van der Waals surface area (Å²) in [5.74, 6) is -0.0741. The molecule has 0 atom stereocenters. The van der Waals surface area contributed by atoms with Crippen molar-refractivity contribution >= 4 is 0 Å². The highest BCUT2D eigenvalue weighted by molar-refractivity contribution is 5.39. The second kappa shape index (κ2) is 3.26. The van der Waals surface area contributed by atoms with Gasteiger partial charge in [-0.25, -0.2) is 4.39 Å². The monoisotopic (exact) mass is 166 g/mol. The molecule has 0 saturated heterocycles. The average molecular weight is 166 g/mol. The fourth-order valence-electron chi connectivity index (χ4n) is 1.44. The molecule has 0 fully saturated rings. The Morgan fingerprint density at radius 3 is 2.17 bits per heavy atom. The molecule has 0 amide bonds. The zero-order valence-electron chi connectivity index (χ0n) is 8.16. The van der Waals surface area contributed by atoms with Crippen molar-refractivity contribution < 1.29 is 4.39 Å². The van der Waals surface area contributed by atoms with Gasteiger partial charge in [0.25, 0.3) is 0 Å². The van der Waals surface area contributed by atoms with E-state index in [-0.39, 0.29) is 5.82 Å². The minimum atomic E-state index is -0.0741. The van der Waals surface area contributed by atoms with Crippen LogP contribution in [0.15, 0.2) is 6.07 Å². The third kappa shape index (κ3) is 1.36. The van der Waals surface area contributed by atoms with E-state index in [1.54, 1.807) is 6.07 Å². The molecule has 0 nitrogen and oxygen atoms in total. The number of hydrogen-bond acceptors (Lipinski definition) is 0. The van der Waals surface area contributed by atoms with E-state index in [1.807, 2.05) is 13.8 Å². The molecule has 0 bridgehead atoms. The summed E-state index contributed by atoms with van der Waals surface area (Å²) >= 11 is 0. The number of rotatable bonds is 1. The lowest BCUT2D eigenvalue weighted by molar-refractivity contribution is 0.613. The van der Waals surface area contributed by atoms with Gasteiger partial charge in [-0.05, 0) is 55.5 Å². The fourth-order valence-corrected chi connectivity index (χ4v) is 1.44. The van der Waals surface area contributed by atoms with Gasteiger partial charge >= 0.3 is 0 Å².